The zero-order chi connectivity index (χ0) is 12.3. The van der Waals surface area contributed by atoms with Gasteiger partial charge >= 0.3 is 0 Å². The smallest absolute Gasteiger partial charge is 0.219 e. The number of pyridine rings is 1. The molecule has 1 heterocycles. The van der Waals surface area contributed by atoms with E-state index in [2.05, 4.69) is 20.9 Å². The van der Waals surface area contributed by atoms with Crippen LogP contribution in [-0.4, -0.2) is 12.1 Å². The van der Waals surface area contributed by atoms with Crippen molar-refractivity contribution in [2.75, 3.05) is 7.11 Å². The van der Waals surface area contributed by atoms with Gasteiger partial charge in [0.2, 0.25) is 5.88 Å². The molecular weight excluding hydrogens is 289 g/mol. The number of benzene rings is 1. The number of hydrogen-bond donors (Lipinski definition) is 0. The van der Waals surface area contributed by atoms with E-state index >= 15 is 0 Å². The molecule has 1 aromatic heterocycles. The first-order chi connectivity index (χ1) is 8.19. The summed E-state index contributed by atoms with van der Waals surface area (Å²) in [6, 6.07) is 7.81. The molecule has 0 saturated heterocycles. The van der Waals surface area contributed by atoms with Crippen molar-refractivity contribution in [1.29, 1.82) is 0 Å². The molecule has 0 aliphatic heterocycles. The summed E-state index contributed by atoms with van der Waals surface area (Å²) in [7, 11) is 1.56. The Hall–Kier alpha value is -1.62. The van der Waals surface area contributed by atoms with E-state index in [-0.39, 0.29) is 5.82 Å². The molecule has 0 radical (unpaired) electrons. The molecule has 1 aromatic carbocycles. The molecule has 0 atom stereocenters. The highest BCUT2D eigenvalue weighted by molar-refractivity contribution is 9.10. The van der Waals surface area contributed by atoms with Crippen LogP contribution in [0.4, 0.5) is 4.39 Å². The van der Waals surface area contributed by atoms with Gasteiger partial charge in [0.05, 0.1) is 17.8 Å². The molecule has 0 N–H and O–H groups in total. The summed E-state index contributed by atoms with van der Waals surface area (Å²) in [5.41, 5.74) is 0. The summed E-state index contributed by atoms with van der Waals surface area (Å²) in [5, 5.41) is 0. The Morgan fingerprint density at radius 2 is 1.94 bits per heavy atom. The largest absolute Gasteiger partial charge is 0.495 e. The second kappa shape index (κ2) is 5.14. The topological polar surface area (TPSA) is 31.4 Å². The summed E-state index contributed by atoms with van der Waals surface area (Å²) >= 11 is 3.09. The number of nitrogens with zero attached hydrogens (tertiary/aromatic N) is 1. The Bertz CT molecular complexity index is 516. The maximum absolute atomic E-state index is 13.0. The molecule has 0 saturated carbocycles. The van der Waals surface area contributed by atoms with Crippen molar-refractivity contribution < 1.29 is 13.9 Å². The third kappa shape index (κ3) is 2.94. The second-order valence-electron chi connectivity index (χ2n) is 3.21. The van der Waals surface area contributed by atoms with Crippen molar-refractivity contribution in [3.63, 3.8) is 0 Å². The first-order valence-corrected chi connectivity index (χ1v) is 5.61. The Balaban J connectivity index is 2.16. The highest BCUT2D eigenvalue weighted by Gasteiger charge is 2.03. The van der Waals surface area contributed by atoms with Crippen molar-refractivity contribution >= 4 is 15.9 Å². The highest BCUT2D eigenvalue weighted by Crippen LogP contribution is 2.25. The fourth-order valence-corrected chi connectivity index (χ4v) is 1.57. The minimum Gasteiger partial charge on any atom is -0.495 e. The van der Waals surface area contributed by atoms with Gasteiger partial charge in [0.25, 0.3) is 0 Å². The lowest BCUT2D eigenvalue weighted by Gasteiger charge is -2.06. The standard InChI is InChI=1S/C12H9BrFNO2/c1-16-9-3-5-12(15-7-9)17-8-2-4-11(14)10(13)6-8/h2-7H,1H3. The van der Waals surface area contributed by atoms with Crippen LogP contribution in [0, 0.1) is 5.82 Å². The first kappa shape index (κ1) is 11.9. The zero-order valence-electron chi connectivity index (χ0n) is 8.98. The second-order valence-corrected chi connectivity index (χ2v) is 4.07. The van der Waals surface area contributed by atoms with Crippen molar-refractivity contribution in [3.8, 4) is 17.4 Å². The summed E-state index contributed by atoms with van der Waals surface area (Å²) in [5.74, 6) is 1.25. The minimum atomic E-state index is -0.333. The number of aromatic nitrogens is 1. The third-order valence-electron chi connectivity index (χ3n) is 2.06. The van der Waals surface area contributed by atoms with Crippen LogP contribution in [0.2, 0.25) is 0 Å². The van der Waals surface area contributed by atoms with E-state index in [1.165, 1.54) is 12.1 Å². The average Bonchev–Trinajstić information content (AvgIpc) is 2.35. The molecule has 2 aromatic rings. The molecule has 3 nitrogen and oxygen atoms in total. The van der Waals surface area contributed by atoms with E-state index in [0.29, 0.717) is 21.9 Å². The Morgan fingerprint density at radius 3 is 2.53 bits per heavy atom. The lowest BCUT2D eigenvalue weighted by atomic mass is 10.3. The molecule has 0 unspecified atom stereocenters. The first-order valence-electron chi connectivity index (χ1n) is 4.82. The summed E-state index contributed by atoms with van der Waals surface area (Å²) in [6.45, 7) is 0. The quantitative estimate of drug-likeness (QED) is 0.864. The molecule has 2 rings (SSSR count). The van der Waals surface area contributed by atoms with E-state index in [1.54, 1.807) is 31.5 Å². The SMILES string of the molecule is COc1ccc(Oc2ccc(F)c(Br)c2)nc1. The van der Waals surface area contributed by atoms with Gasteiger partial charge in [-0.1, -0.05) is 0 Å². The van der Waals surface area contributed by atoms with Crippen LogP contribution in [0.3, 0.4) is 0 Å². The molecule has 0 aliphatic carbocycles. The lowest BCUT2D eigenvalue weighted by Crippen LogP contribution is -1.89. The Kier molecular flexibility index (Phi) is 3.58. The number of halogens is 2. The van der Waals surface area contributed by atoms with Gasteiger partial charge in [0.15, 0.2) is 0 Å². The van der Waals surface area contributed by atoms with Crippen molar-refractivity contribution in [2.24, 2.45) is 0 Å². The summed E-state index contributed by atoms with van der Waals surface area (Å²) < 4.78 is 23.8. The van der Waals surface area contributed by atoms with Gasteiger partial charge in [-0.15, -0.1) is 0 Å². The third-order valence-corrected chi connectivity index (χ3v) is 2.67. The van der Waals surface area contributed by atoms with E-state index in [1.807, 2.05) is 0 Å². The van der Waals surface area contributed by atoms with Crippen LogP contribution in [0.5, 0.6) is 17.4 Å². The van der Waals surface area contributed by atoms with Gasteiger partial charge in [-0.2, -0.15) is 0 Å². The van der Waals surface area contributed by atoms with Crippen molar-refractivity contribution in [3.05, 3.63) is 46.8 Å². The van der Waals surface area contributed by atoms with Crippen LogP contribution in [-0.2, 0) is 0 Å². The van der Waals surface area contributed by atoms with E-state index in [9.17, 15) is 4.39 Å². The summed E-state index contributed by atoms with van der Waals surface area (Å²) in [6.07, 6.45) is 1.55. The summed E-state index contributed by atoms with van der Waals surface area (Å²) in [4.78, 5) is 4.04. The number of rotatable bonds is 3. The Labute approximate surface area is 106 Å². The normalized spacial score (nSPS) is 10.1. The fourth-order valence-electron chi connectivity index (χ4n) is 1.21. The molecule has 0 bridgehead atoms. The molecule has 5 heteroatoms. The van der Waals surface area contributed by atoms with Crippen molar-refractivity contribution in [2.45, 2.75) is 0 Å². The maximum atomic E-state index is 13.0. The molecular formula is C12H9BrFNO2. The van der Waals surface area contributed by atoms with Crippen LogP contribution < -0.4 is 9.47 Å². The minimum absolute atomic E-state index is 0.333. The van der Waals surface area contributed by atoms with Gasteiger partial charge < -0.3 is 9.47 Å². The molecule has 0 amide bonds. The predicted octanol–water partition coefficient (Wildman–Crippen LogP) is 3.78. The average molecular weight is 298 g/mol. The van der Waals surface area contributed by atoms with Gasteiger partial charge in [-0.05, 0) is 40.2 Å². The highest BCUT2D eigenvalue weighted by atomic mass is 79.9. The maximum Gasteiger partial charge on any atom is 0.219 e. The van der Waals surface area contributed by atoms with Gasteiger partial charge in [-0.3, -0.25) is 0 Å². The monoisotopic (exact) mass is 297 g/mol. The Morgan fingerprint density at radius 1 is 1.18 bits per heavy atom. The van der Waals surface area contributed by atoms with E-state index in [4.69, 9.17) is 9.47 Å². The van der Waals surface area contributed by atoms with Gasteiger partial charge in [-0.25, -0.2) is 9.37 Å². The molecule has 0 aliphatic rings. The molecule has 17 heavy (non-hydrogen) atoms. The van der Waals surface area contributed by atoms with E-state index in [0.717, 1.165) is 0 Å². The van der Waals surface area contributed by atoms with Crippen LogP contribution in [0.1, 0.15) is 0 Å². The van der Waals surface area contributed by atoms with Gasteiger partial charge in [0.1, 0.15) is 17.3 Å². The lowest BCUT2D eigenvalue weighted by molar-refractivity contribution is 0.407. The fraction of sp³-hybridized carbons (Fsp3) is 0.0833. The van der Waals surface area contributed by atoms with Crippen molar-refractivity contribution in [1.82, 2.24) is 4.98 Å². The van der Waals surface area contributed by atoms with E-state index < -0.39 is 0 Å². The van der Waals surface area contributed by atoms with Gasteiger partial charge in [0, 0.05) is 6.07 Å². The molecule has 88 valence electrons. The molecule has 0 spiro atoms. The van der Waals surface area contributed by atoms with Crippen LogP contribution in [0.25, 0.3) is 0 Å². The predicted molar refractivity (Wildman–Crippen MR) is 65.0 cm³/mol. The number of methoxy groups -OCH3 is 1. The van der Waals surface area contributed by atoms with Crippen LogP contribution >= 0.6 is 15.9 Å². The zero-order valence-corrected chi connectivity index (χ0v) is 10.6. The number of ether oxygens (including phenoxy) is 2. The van der Waals surface area contributed by atoms with Crippen LogP contribution in [0.15, 0.2) is 41.0 Å². The number of hydrogen-bond acceptors (Lipinski definition) is 3. The molecule has 0 fully saturated rings.